The predicted octanol–water partition coefficient (Wildman–Crippen LogP) is 1.90. The Balaban J connectivity index is 1.61. The highest BCUT2D eigenvalue weighted by molar-refractivity contribution is 6.30. The van der Waals surface area contributed by atoms with Gasteiger partial charge in [-0.3, -0.25) is 24.3 Å². The van der Waals surface area contributed by atoms with Gasteiger partial charge in [0, 0.05) is 29.5 Å². The molecule has 2 N–H and O–H groups in total. The number of benzene rings is 2. The van der Waals surface area contributed by atoms with Crippen molar-refractivity contribution in [2.75, 3.05) is 18.5 Å². The average Bonchev–Trinajstić information content (AvgIpc) is 3.33. The number of amides is 4. The molecule has 10 heteroatoms. The Morgan fingerprint density at radius 1 is 1.09 bits per heavy atom. The Labute approximate surface area is 188 Å². The molecule has 162 valence electrons. The normalized spacial score (nSPS) is 22.1. The van der Waals surface area contributed by atoms with Gasteiger partial charge in [0.15, 0.2) is 12.2 Å². The van der Waals surface area contributed by atoms with Gasteiger partial charge in [0.2, 0.25) is 11.9 Å². The molecule has 9 nitrogen and oxygen atoms in total. The van der Waals surface area contributed by atoms with Gasteiger partial charge in [0.25, 0.3) is 5.91 Å². The molecule has 0 radical (unpaired) electrons. The molecule has 0 saturated carbocycles. The molecule has 1 saturated heterocycles. The first kappa shape index (κ1) is 20.1. The molecule has 0 spiro atoms. The van der Waals surface area contributed by atoms with E-state index >= 15 is 0 Å². The lowest BCUT2D eigenvalue weighted by molar-refractivity contribution is -0.139. The molecule has 4 amide bonds. The first-order chi connectivity index (χ1) is 15.4. The van der Waals surface area contributed by atoms with Crippen LogP contribution >= 0.6 is 11.6 Å². The van der Waals surface area contributed by atoms with E-state index in [2.05, 4.69) is 0 Å². The van der Waals surface area contributed by atoms with Crippen LogP contribution in [-0.4, -0.2) is 64.3 Å². The van der Waals surface area contributed by atoms with Crippen LogP contribution in [0.25, 0.3) is 5.70 Å². The number of aliphatic imine (C=N–C) groups is 1. The number of likely N-dealkylation sites (N-methyl/N-ethyl adjacent to an activating group) is 1. The summed E-state index contributed by atoms with van der Waals surface area (Å²) in [4.78, 5) is 48.1. The third-order valence-electron chi connectivity index (χ3n) is 5.68. The van der Waals surface area contributed by atoms with Crippen LogP contribution in [0.3, 0.4) is 0 Å². The lowest BCUT2D eigenvalue weighted by atomic mass is 10.1. The summed E-state index contributed by atoms with van der Waals surface area (Å²) in [6.45, 7) is -0.482. The van der Waals surface area contributed by atoms with Crippen LogP contribution in [0.2, 0.25) is 5.02 Å². The van der Waals surface area contributed by atoms with E-state index in [4.69, 9.17) is 22.3 Å². The van der Waals surface area contributed by atoms with Crippen LogP contribution < -0.4 is 10.6 Å². The van der Waals surface area contributed by atoms with E-state index in [-0.39, 0.29) is 0 Å². The van der Waals surface area contributed by atoms with Gasteiger partial charge in [-0.2, -0.15) is 0 Å². The highest BCUT2D eigenvalue weighted by Crippen LogP contribution is 2.40. The van der Waals surface area contributed by atoms with E-state index in [0.717, 1.165) is 21.8 Å². The molecule has 2 aromatic carbocycles. The van der Waals surface area contributed by atoms with Crippen LogP contribution in [0.4, 0.5) is 10.5 Å². The summed E-state index contributed by atoms with van der Waals surface area (Å²) in [6, 6.07) is 15.6. The number of nitrogens with zero attached hydrogens (tertiary/aromatic N) is 5. The van der Waals surface area contributed by atoms with Crippen molar-refractivity contribution in [3.63, 3.8) is 0 Å². The number of hydrogen-bond donors (Lipinski definition) is 1. The molecule has 0 aliphatic carbocycles. The van der Waals surface area contributed by atoms with Crippen LogP contribution in [0.5, 0.6) is 0 Å². The minimum absolute atomic E-state index is 0.482. The number of guanidine groups is 1. The fraction of sp³-hybridized carbons (Fsp3) is 0.182. The number of halogens is 1. The lowest BCUT2D eigenvalue weighted by Crippen LogP contribution is -2.65. The molecule has 32 heavy (non-hydrogen) atoms. The summed E-state index contributed by atoms with van der Waals surface area (Å²) in [5.74, 6) is -0.769. The lowest BCUT2D eigenvalue weighted by Gasteiger charge is -2.39. The second-order valence-electron chi connectivity index (χ2n) is 7.67. The van der Waals surface area contributed by atoms with Crippen LogP contribution in [0.1, 0.15) is 5.56 Å². The predicted molar refractivity (Wildman–Crippen MR) is 119 cm³/mol. The minimum atomic E-state index is -0.803. The number of anilines is 1. The standard InChI is InChI=1S/C22H19ClN6O3/c1-26-19-18(20(31)28(22(26)32)12-17(24)30)27-11-16(13-5-3-2-4-6-13)29(21(27)25-19)15-9-7-14(23)8-10-15/h2-11,18-19H,12H2,1H3,(H2,24,30). The summed E-state index contributed by atoms with van der Waals surface area (Å²) in [5, 5.41) is 0.597. The number of urea groups is 1. The van der Waals surface area contributed by atoms with Crippen molar-refractivity contribution in [2.24, 2.45) is 10.7 Å². The number of fused-ring (bicyclic) bond motifs is 3. The number of carbonyl (C=O) groups is 3. The van der Waals surface area contributed by atoms with E-state index < -0.39 is 36.6 Å². The number of carbonyl (C=O) groups excluding carboxylic acids is 3. The topological polar surface area (TPSA) is 103 Å². The highest BCUT2D eigenvalue weighted by atomic mass is 35.5. The van der Waals surface area contributed by atoms with Gasteiger partial charge in [-0.05, 0) is 24.3 Å². The molecule has 2 unspecified atom stereocenters. The summed E-state index contributed by atoms with van der Waals surface area (Å²) >= 11 is 6.09. The van der Waals surface area contributed by atoms with E-state index in [0.29, 0.717) is 11.0 Å². The zero-order valence-electron chi connectivity index (χ0n) is 17.1. The maximum absolute atomic E-state index is 13.3. The first-order valence-electron chi connectivity index (χ1n) is 9.92. The fourth-order valence-electron chi connectivity index (χ4n) is 4.19. The van der Waals surface area contributed by atoms with Gasteiger partial charge in [-0.25, -0.2) is 9.79 Å². The third kappa shape index (κ3) is 3.01. The Morgan fingerprint density at radius 3 is 2.44 bits per heavy atom. The first-order valence-corrected chi connectivity index (χ1v) is 10.3. The van der Waals surface area contributed by atoms with Crippen LogP contribution in [0.15, 0.2) is 65.8 Å². The van der Waals surface area contributed by atoms with Gasteiger partial charge in [-0.1, -0.05) is 41.9 Å². The number of hydrogen-bond acceptors (Lipinski definition) is 6. The van der Waals surface area contributed by atoms with E-state index in [1.54, 1.807) is 24.1 Å². The molecule has 0 aromatic heterocycles. The van der Waals surface area contributed by atoms with Gasteiger partial charge >= 0.3 is 6.03 Å². The number of nitrogens with two attached hydrogens (primary N) is 1. The fourth-order valence-corrected chi connectivity index (χ4v) is 4.32. The molecular weight excluding hydrogens is 432 g/mol. The number of rotatable bonds is 4. The highest BCUT2D eigenvalue weighted by Gasteiger charge is 2.55. The zero-order valence-corrected chi connectivity index (χ0v) is 17.8. The van der Waals surface area contributed by atoms with E-state index in [9.17, 15) is 14.4 Å². The van der Waals surface area contributed by atoms with Gasteiger partial charge < -0.3 is 10.6 Å². The molecule has 3 aliphatic rings. The summed E-state index contributed by atoms with van der Waals surface area (Å²) in [6.07, 6.45) is 1.12. The monoisotopic (exact) mass is 450 g/mol. The summed E-state index contributed by atoms with van der Waals surface area (Å²) < 4.78 is 0. The smallest absolute Gasteiger partial charge is 0.328 e. The van der Waals surface area contributed by atoms with Crippen molar-refractivity contribution < 1.29 is 14.4 Å². The van der Waals surface area contributed by atoms with Crippen molar-refractivity contribution in [3.8, 4) is 0 Å². The molecule has 5 rings (SSSR count). The Morgan fingerprint density at radius 2 is 1.78 bits per heavy atom. The van der Waals surface area contributed by atoms with Gasteiger partial charge in [0.05, 0.1) is 5.70 Å². The van der Waals surface area contributed by atoms with Crippen molar-refractivity contribution in [1.29, 1.82) is 0 Å². The number of imide groups is 1. The summed E-state index contributed by atoms with van der Waals surface area (Å²) in [5.41, 5.74) is 7.82. The Hall–Kier alpha value is -3.85. The van der Waals surface area contributed by atoms with Crippen molar-refractivity contribution in [1.82, 2.24) is 14.7 Å². The molecular formula is C22H19ClN6O3. The molecule has 0 bridgehead atoms. The zero-order chi connectivity index (χ0) is 22.6. The van der Waals surface area contributed by atoms with E-state index in [1.165, 1.54) is 4.90 Å². The summed E-state index contributed by atoms with van der Waals surface area (Å²) in [7, 11) is 1.56. The largest absolute Gasteiger partial charge is 0.368 e. The SMILES string of the molecule is CN1C(=O)N(CC(N)=O)C(=O)C2C1N=C1N(c3ccc(Cl)cc3)C(c3ccccc3)=CN12. The maximum Gasteiger partial charge on any atom is 0.328 e. The third-order valence-corrected chi connectivity index (χ3v) is 5.93. The average molecular weight is 451 g/mol. The second kappa shape index (κ2) is 7.38. The quantitative estimate of drug-likeness (QED) is 0.766. The Kier molecular flexibility index (Phi) is 4.63. The second-order valence-corrected chi connectivity index (χ2v) is 8.11. The maximum atomic E-state index is 13.3. The van der Waals surface area contributed by atoms with Crippen molar-refractivity contribution in [2.45, 2.75) is 12.2 Å². The van der Waals surface area contributed by atoms with Gasteiger partial charge in [-0.15, -0.1) is 0 Å². The molecule has 2 aromatic rings. The van der Waals surface area contributed by atoms with Crippen LogP contribution in [0, 0.1) is 0 Å². The molecule has 3 aliphatic heterocycles. The Bertz CT molecular complexity index is 1180. The van der Waals surface area contributed by atoms with E-state index in [1.807, 2.05) is 53.6 Å². The number of primary amides is 1. The van der Waals surface area contributed by atoms with Gasteiger partial charge in [0.1, 0.15) is 6.54 Å². The molecule has 1 fully saturated rings. The van der Waals surface area contributed by atoms with Crippen molar-refractivity contribution >= 4 is 46.8 Å². The minimum Gasteiger partial charge on any atom is -0.368 e. The van der Waals surface area contributed by atoms with Crippen molar-refractivity contribution in [3.05, 3.63) is 71.4 Å². The molecule has 3 heterocycles. The van der Waals surface area contributed by atoms with Crippen LogP contribution in [-0.2, 0) is 9.59 Å². The molecule has 2 atom stereocenters.